The quantitative estimate of drug-likeness (QED) is 0.710. The fourth-order valence-electron chi connectivity index (χ4n) is 2.25. The molecule has 0 aromatic carbocycles. The van der Waals surface area contributed by atoms with Crippen LogP contribution in [0.2, 0.25) is 0 Å². The SMILES string of the molecule is CCC1CC(C(=O)O)(N(C=O)CC)CCO1. The van der Waals surface area contributed by atoms with Crippen molar-refractivity contribution >= 4 is 12.4 Å². The van der Waals surface area contributed by atoms with Crippen molar-refractivity contribution in [1.82, 2.24) is 4.90 Å². The number of carboxylic acid groups (broad SMARTS) is 1. The van der Waals surface area contributed by atoms with Crippen LogP contribution in [0.4, 0.5) is 0 Å². The van der Waals surface area contributed by atoms with Crippen molar-refractivity contribution < 1.29 is 19.4 Å². The first-order valence-corrected chi connectivity index (χ1v) is 5.67. The highest BCUT2D eigenvalue weighted by Crippen LogP contribution is 2.31. The molecule has 1 aliphatic rings. The van der Waals surface area contributed by atoms with Gasteiger partial charge < -0.3 is 14.7 Å². The summed E-state index contributed by atoms with van der Waals surface area (Å²) in [7, 11) is 0. The molecule has 0 aromatic heterocycles. The van der Waals surface area contributed by atoms with E-state index in [2.05, 4.69) is 0 Å². The van der Waals surface area contributed by atoms with Gasteiger partial charge >= 0.3 is 5.97 Å². The molecule has 1 N–H and O–H groups in total. The van der Waals surface area contributed by atoms with E-state index in [1.54, 1.807) is 6.92 Å². The molecular weight excluding hydrogens is 210 g/mol. The van der Waals surface area contributed by atoms with Gasteiger partial charge in [-0.25, -0.2) is 4.79 Å². The molecule has 0 aromatic rings. The van der Waals surface area contributed by atoms with E-state index in [4.69, 9.17) is 4.74 Å². The summed E-state index contributed by atoms with van der Waals surface area (Å²) >= 11 is 0. The van der Waals surface area contributed by atoms with E-state index in [9.17, 15) is 14.7 Å². The summed E-state index contributed by atoms with van der Waals surface area (Å²) in [6, 6.07) is 0. The van der Waals surface area contributed by atoms with Crippen LogP contribution in [0.3, 0.4) is 0 Å². The third-order valence-electron chi connectivity index (χ3n) is 3.31. The van der Waals surface area contributed by atoms with Gasteiger partial charge in [-0.05, 0) is 13.3 Å². The summed E-state index contributed by atoms with van der Waals surface area (Å²) in [5.41, 5.74) is -1.07. The molecule has 1 rings (SSSR count). The van der Waals surface area contributed by atoms with Crippen molar-refractivity contribution in [3.63, 3.8) is 0 Å². The zero-order valence-electron chi connectivity index (χ0n) is 9.81. The molecule has 1 amide bonds. The van der Waals surface area contributed by atoms with Gasteiger partial charge in [0, 0.05) is 26.0 Å². The van der Waals surface area contributed by atoms with Crippen LogP contribution in [0.15, 0.2) is 0 Å². The van der Waals surface area contributed by atoms with Gasteiger partial charge in [-0.15, -0.1) is 0 Å². The maximum absolute atomic E-state index is 11.4. The summed E-state index contributed by atoms with van der Waals surface area (Å²) in [5, 5.41) is 9.38. The van der Waals surface area contributed by atoms with Gasteiger partial charge in [-0.3, -0.25) is 4.79 Å². The Balaban J connectivity index is 2.95. The van der Waals surface area contributed by atoms with E-state index in [1.807, 2.05) is 6.92 Å². The van der Waals surface area contributed by atoms with Crippen LogP contribution in [0.1, 0.15) is 33.1 Å². The Morgan fingerprint density at radius 1 is 1.62 bits per heavy atom. The molecule has 1 fully saturated rings. The predicted octanol–water partition coefficient (Wildman–Crippen LogP) is 0.877. The number of rotatable bonds is 5. The van der Waals surface area contributed by atoms with Crippen LogP contribution in [0.5, 0.6) is 0 Å². The summed E-state index contributed by atoms with van der Waals surface area (Å²) in [6.07, 6.45) is 2.08. The maximum Gasteiger partial charge on any atom is 0.329 e. The van der Waals surface area contributed by atoms with Gasteiger partial charge in [0.25, 0.3) is 0 Å². The lowest BCUT2D eigenvalue weighted by Gasteiger charge is -2.43. The highest BCUT2D eigenvalue weighted by Gasteiger charge is 2.47. The first-order valence-electron chi connectivity index (χ1n) is 5.67. The van der Waals surface area contributed by atoms with Gasteiger partial charge in [0.2, 0.25) is 6.41 Å². The van der Waals surface area contributed by atoms with Gasteiger partial charge in [-0.1, -0.05) is 6.92 Å². The summed E-state index contributed by atoms with van der Waals surface area (Å²) < 4.78 is 5.47. The van der Waals surface area contributed by atoms with Crippen molar-refractivity contribution in [2.24, 2.45) is 0 Å². The predicted molar refractivity (Wildman–Crippen MR) is 58.1 cm³/mol. The van der Waals surface area contributed by atoms with Crippen LogP contribution in [-0.4, -0.2) is 47.2 Å². The summed E-state index contributed by atoms with van der Waals surface area (Å²) in [4.78, 5) is 23.8. The van der Waals surface area contributed by atoms with E-state index in [1.165, 1.54) is 4.90 Å². The number of hydrogen-bond acceptors (Lipinski definition) is 3. The van der Waals surface area contributed by atoms with E-state index in [0.29, 0.717) is 32.4 Å². The fourth-order valence-corrected chi connectivity index (χ4v) is 2.25. The zero-order valence-corrected chi connectivity index (χ0v) is 9.81. The number of hydrogen-bond donors (Lipinski definition) is 1. The highest BCUT2D eigenvalue weighted by molar-refractivity contribution is 5.81. The Morgan fingerprint density at radius 2 is 2.31 bits per heavy atom. The molecule has 1 aliphatic heterocycles. The first-order chi connectivity index (χ1) is 7.60. The summed E-state index contributed by atoms with van der Waals surface area (Å²) in [6.45, 7) is 4.55. The topological polar surface area (TPSA) is 66.8 Å². The number of carboxylic acids is 1. The maximum atomic E-state index is 11.4. The standard InChI is InChI=1S/C11H19NO4/c1-3-9-7-11(10(14)15,5-6-16-9)12(4-2)8-13/h8-9H,3-7H2,1-2H3,(H,14,15). The molecule has 92 valence electrons. The largest absolute Gasteiger partial charge is 0.479 e. The lowest BCUT2D eigenvalue weighted by atomic mass is 9.84. The molecule has 16 heavy (non-hydrogen) atoms. The van der Waals surface area contributed by atoms with Gasteiger partial charge in [-0.2, -0.15) is 0 Å². The van der Waals surface area contributed by atoms with E-state index in [-0.39, 0.29) is 6.10 Å². The average molecular weight is 229 g/mol. The van der Waals surface area contributed by atoms with Gasteiger partial charge in [0.1, 0.15) is 5.54 Å². The lowest BCUT2D eigenvalue weighted by molar-refractivity contribution is -0.166. The Bertz CT molecular complexity index is 269. The first kappa shape index (κ1) is 13.0. The number of carbonyl (C=O) groups is 2. The Labute approximate surface area is 95.4 Å². The number of likely N-dealkylation sites (N-methyl/N-ethyl adjacent to an activating group) is 1. The van der Waals surface area contributed by atoms with Gasteiger partial charge in [0.05, 0.1) is 6.10 Å². The number of aliphatic carboxylic acids is 1. The molecule has 0 aliphatic carbocycles. The molecule has 2 atom stereocenters. The molecule has 0 spiro atoms. The number of carbonyl (C=O) groups excluding carboxylic acids is 1. The number of ether oxygens (including phenoxy) is 1. The third kappa shape index (κ3) is 2.19. The zero-order chi connectivity index (χ0) is 12.2. The normalized spacial score (nSPS) is 29.8. The van der Waals surface area contributed by atoms with E-state index >= 15 is 0 Å². The number of nitrogens with zero attached hydrogens (tertiary/aromatic N) is 1. The molecule has 0 bridgehead atoms. The van der Waals surface area contributed by atoms with Crippen molar-refractivity contribution in [3.05, 3.63) is 0 Å². The van der Waals surface area contributed by atoms with Crippen molar-refractivity contribution in [1.29, 1.82) is 0 Å². The summed E-state index contributed by atoms with van der Waals surface area (Å²) in [5.74, 6) is -0.928. The minimum Gasteiger partial charge on any atom is -0.479 e. The van der Waals surface area contributed by atoms with Crippen LogP contribution in [0, 0.1) is 0 Å². The van der Waals surface area contributed by atoms with Crippen LogP contribution in [0.25, 0.3) is 0 Å². The molecule has 5 nitrogen and oxygen atoms in total. The smallest absolute Gasteiger partial charge is 0.329 e. The Morgan fingerprint density at radius 3 is 2.75 bits per heavy atom. The molecule has 2 unspecified atom stereocenters. The Hall–Kier alpha value is -1.10. The minimum absolute atomic E-state index is 0.0705. The number of amides is 1. The second kappa shape index (κ2) is 5.30. The molecule has 1 heterocycles. The van der Waals surface area contributed by atoms with Crippen LogP contribution >= 0.6 is 0 Å². The van der Waals surface area contributed by atoms with E-state index < -0.39 is 11.5 Å². The molecule has 5 heteroatoms. The molecule has 0 radical (unpaired) electrons. The molecule has 1 saturated heterocycles. The second-order valence-corrected chi connectivity index (χ2v) is 4.08. The lowest BCUT2D eigenvalue weighted by Crippen LogP contribution is -2.58. The van der Waals surface area contributed by atoms with Crippen molar-refractivity contribution in [2.45, 2.75) is 44.8 Å². The average Bonchev–Trinajstić information content (AvgIpc) is 2.30. The second-order valence-electron chi connectivity index (χ2n) is 4.08. The van der Waals surface area contributed by atoms with Crippen LogP contribution in [-0.2, 0) is 14.3 Å². The van der Waals surface area contributed by atoms with Crippen molar-refractivity contribution in [2.75, 3.05) is 13.2 Å². The van der Waals surface area contributed by atoms with Crippen LogP contribution < -0.4 is 0 Å². The third-order valence-corrected chi connectivity index (χ3v) is 3.31. The highest BCUT2D eigenvalue weighted by atomic mass is 16.5. The molecule has 0 saturated carbocycles. The fraction of sp³-hybridized carbons (Fsp3) is 0.818. The molecular formula is C11H19NO4. The monoisotopic (exact) mass is 229 g/mol. The van der Waals surface area contributed by atoms with Gasteiger partial charge in [0.15, 0.2) is 0 Å². The van der Waals surface area contributed by atoms with E-state index in [0.717, 1.165) is 6.42 Å². The van der Waals surface area contributed by atoms with Crippen molar-refractivity contribution in [3.8, 4) is 0 Å². The Kier molecular flexibility index (Phi) is 4.29. The minimum atomic E-state index is -1.07.